The van der Waals surface area contributed by atoms with Crippen molar-refractivity contribution >= 4 is 79.5 Å². The number of nitrogens with one attached hydrogen (secondary N) is 3. The Morgan fingerprint density at radius 3 is 2.60 bits per heavy atom. The molecule has 2 aliphatic heterocycles. The number of hydrogen-bond donors (Lipinski definition) is 7. The molecule has 3 amide bonds. The van der Waals surface area contributed by atoms with Crippen LogP contribution in [0.1, 0.15) is 30.0 Å². The summed E-state index contributed by atoms with van der Waals surface area (Å²) in [5.41, 5.74) is 2.12. The maximum atomic E-state index is 13.2. The molecule has 0 saturated carbocycles. The van der Waals surface area contributed by atoms with E-state index in [0.29, 0.717) is 0 Å². The molecule has 2 atom stereocenters. The summed E-state index contributed by atoms with van der Waals surface area (Å²) in [6.07, 6.45) is 0.927. The lowest BCUT2D eigenvalue weighted by Gasteiger charge is -2.49. The second kappa shape index (κ2) is 12.1. The number of carbonyl (C=O) groups is 5. The van der Waals surface area contributed by atoms with Crippen LogP contribution in [0.4, 0.5) is 5.13 Å². The lowest BCUT2D eigenvalue weighted by atomic mass is 10.0. The number of aromatic nitrogens is 2. The number of aliphatic carboxylic acids is 2. The topological polar surface area (TPSA) is 267 Å². The van der Waals surface area contributed by atoms with Gasteiger partial charge in [-0.2, -0.15) is 0 Å². The molecule has 1 unspecified atom stereocenters. The van der Waals surface area contributed by atoms with E-state index in [-0.39, 0.29) is 44.6 Å². The lowest BCUT2D eigenvalue weighted by Crippen LogP contribution is -2.71. The van der Waals surface area contributed by atoms with Crippen molar-refractivity contribution in [2.75, 3.05) is 18.0 Å². The van der Waals surface area contributed by atoms with Gasteiger partial charge in [0.05, 0.1) is 4.47 Å². The van der Waals surface area contributed by atoms with Crippen molar-refractivity contribution in [1.82, 2.24) is 25.5 Å². The van der Waals surface area contributed by atoms with Gasteiger partial charge in [-0.1, -0.05) is 5.16 Å². The molecule has 2 aromatic rings. The van der Waals surface area contributed by atoms with E-state index < -0.39 is 63.6 Å². The Morgan fingerprint density at radius 2 is 2.00 bits per heavy atom. The Morgan fingerprint density at radius 1 is 1.30 bits per heavy atom. The number of β-lactam (4-membered cyclic amide) rings is 1. The van der Waals surface area contributed by atoms with Crippen LogP contribution in [0.2, 0.25) is 0 Å². The average Bonchev–Trinajstić information content (AvgIpc) is 3.38. The molecule has 1 saturated heterocycles. The number of aromatic hydroxyl groups is 1. The van der Waals surface area contributed by atoms with Gasteiger partial charge in [-0.15, -0.1) is 23.1 Å². The van der Waals surface area contributed by atoms with Gasteiger partial charge in [-0.05, 0) is 35.4 Å². The number of aromatic amines is 1. The van der Waals surface area contributed by atoms with E-state index in [1.807, 2.05) is 0 Å². The van der Waals surface area contributed by atoms with Crippen molar-refractivity contribution in [3.63, 3.8) is 0 Å². The van der Waals surface area contributed by atoms with Crippen LogP contribution in [-0.2, 0) is 24.0 Å². The first-order valence-corrected chi connectivity index (χ1v) is 14.7. The Labute approximate surface area is 257 Å². The number of hydrogen-bond acceptors (Lipinski definition) is 13. The maximum absolute atomic E-state index is 13.2. The number of halogens is 1. The Kier molecular flexibility index (Phi) is 8.83. The first-order chi connectivity index (χ1) is 20.1. The van der Waals surface area contributed by atoms with Gasteiger partial charge in [-0.3, -0.25) is 24.1 Å². The highest BCUT2D eigenvalue weighted by Crippen LogP contribution is 2.40. The molecule has 0 spiro atoms. The highest BCUT2D eigenvalue weighted by molar-refractivity contribution is 9.10. The Hall–Kier alpha value is -4.43. The molecule has 0 bridgehead atoms. The number of amides is 3. The molecule has 0 aliphatic carbocycles. The number of carboxylic acid groups (broad SMARTS) is 2. The summed E-state index contributed by atoms with van der Waals surface area (Å²) in [6, 6.07) is -1.19. The normalized spacial score (nSPS) is 18.4. The fourth-order valence-electron chi connectivity index (χ4n) is 3.76. The largest absolute Gasteiger partial charge is 0.503 e. The van der Waals surface area contributed by atoms with E-state index in [2.05, 4.69) is 41.7 Å². The first-order valence-electron chi connectivity index (χ1n) is 11.9. The van der Waals surface area contributed by atoms with Crippen molar-refractivity contribution in [3.8, 4) is 5.75 Å². The smallest absolute Gasteiger partial charge is 0.352 e. The third-order valence-electron chi connectivity index (χ3n) is 6.09. The molecule has 0 radical (unpaired) electrons. The van der Waals surface area contributed by atoms with Gasteiger partial charge >= 0.3 is 11.9 Å². The molecule has 0 aromatic carbocycles. The number of pyridine rings is 1. The van der Waals surface area contributed by atoms with Crippen molar-refractivity contribution in [2.24, 2.45) is 5.16 Å². The number of nitrogens with zero attached hydrogens (tertiary/aromatic N) is 3. The highest BCUT2D eigenvalue weighted by Gasteiger charge is 2.54. The molecule has 4 heterocycles. The van der Waals surface area contributed by atoms with Crippen LogP contribution in [0, 0.1) is 0 Å². The molecule has 43 heavy (non-hydrogen) atoms. The molecule has 8 N–H and O–H groups in total. The highest BCUT2D eigenvalue weighted by atomic mass is 79.9. The monoisotopic (exact) mass is 699 g/mol. The lowest BCUT2D eigenvalue weighted by molar-refractivity contribution is -0.161. The number of thioether (sulfide) groups is 1. The van der Waals surface area contributed by atoms with Gasteiger partial charge in [0.25, 0.3) is 17.7 Å². The van der Waals surface area contributed by atoms with Gasteiger partial charge in [0.2, 0.25) is 11.0 Å². The van der Waals surface area contributed by atoms with Crippen LogP contribution in [0.3, 0.4) is 0 Å². The fourth-order valence-corrected chi connectivity index (χ4v) is 6.16. The quantitative estimate of drug-likeness (QED) is 0.0949. The second-order valence-corrected chi connectivity index (χ2v) is 12.2. The second-order valence-electron chi connectivity index (χ2n) is 9.41. The summed E-state index contributed by atoms with van der Waals surface area (Å²) < 4.78 is -0.229. The van der Waals surface area contributed by atoms with Crippen molar-refractivity contribution < 1.29 is 44.1 Å². The minimum Gasteiger partial charge on any atom is -0.503 e. The van der Waals surface area contributed by atoms with E-state index >= 15 is 0 Å². The van der Waals surface area contributed by atoms with E-state index in [4.69, 9.17) is 10.6 Å². The number of H-pyrrole nitrogens is 1. The Balaban J connectivity index is 1.51. The SMILES string of the molecule is CC(C)(ON=C(C(=O)NC1C(=O)N2C(C(=O)O)=C(CNC(=O)c3[nH]cc(O)c(=O)c3Br)CS[C@@H]12)c1csc(N)n1)C(=O)O. The Bertz CT molecular complexity index is 1670. The van der Waals surface area contributed by atoms with E-state index in [1.54, 1.807) is 0 Å². The summed E-state index contributed by atoms with van der Waals surface area (Å²) >= 11 is 5.03. The standard InChI is InChI=1S/C23H22BrN7O10S2/c1-23(2,21(39)40)41-30-11(8-6-43-22(25)28-8)17(35)29-13-18(36)31-14(20(37)38)7(5-42-19(13)31)3-27-16(34)12-10(24)15(33)9(32)4-26-12/h4,6,13,19,32H,3,5H2,1-2H3,(H2,25,28)(H,26,33)(H,27,34)(H,29,35)(H,37,38)(H,39,40)/t13?,19-/m0/s1. The van der Waals surface area contributed by atoms with Crippen LogP contribution in [-0.4, -0.2) is 94.9 Å². The summed E-state index contributed by atoms with van der Waals surface area (Å²) in [7, 11) is 0. The number of nitrogen functional groups attached to an aromatic ring is 1. The summed E-state index contributed by atoms with van der Waals surface area (Å²) in [5.74, 6) is -5.86. The fraction of sp³-hybridized carbons (Fsp3) is 0.304. The number of anilines is 1. The number of oxime groups is 1. The third-order valence-corrected chi connectivity index (χ3v) is 8.86. The minimum absolute atomic E-state index is 0.0353. The molecule has 228 valence electrons. The van der Waals surface area contributed by atoms with Gasteiger partial charge in [0.1, 0.15) is 28.5 Å². The van der Waals surface area contributed by atoms with Gasteiger partial charge in [0, 0.05) is 23.9 Å². The number of fused-ring (bicyclic) bond motifs is 1. The number of rotatable bonds is 10. The number of carboxylic acids is 2. The zero-order chi connectivity index (χ0) is 31.8. The molecular weight excluding hydrogens is 678 g/mol. The van der Waals surface area contributed by atoms with Crippen LogP contribution in [0.5, 0.6) is 5.75 Å². The van der Waals surface area contributed by atoms with Crippen molar-refractivity contribution in [1.29, 1.82) is 0 Å². The summed E-state index contributed by atoms with van der Waals surface area (Å²) in [5, 5.41) is 37.9. The third kappa shape index (κ3) is 6.20. The van der Waals surface area contributed by atoms with Crippen molar-refractivity contribution in [2.45, 2.75) is 30.9 Å². The van der Waals surface area contributed by atoms with E-state index in [9.17, 15) is 44.1 Å². The average molecular weight is 701 g/mol. The zero-order valence-corrected chi connectivity index (χ0v) is 25.3. The van der Waals surface area contributed by atoms with Gasteiger partial charge in [-0.25, -0.2) is 14.6 Å². The van der Waals surface area contributed by atoms with Crippen LogP contribution >= 0.6 is 39.0 Å². The first kappa shape index (κ1) is 31.5. The number of nitrogens with two attached hydrogens (primary N) is 1. The molecule has 17 nitrogen and oxygen atoms in total. The number of thiazole rings is 1. The van der Waals surface area contributed by atoms with Crippen LogP contribution in [0.25, 0.3) is 0 Å². The zero-order valence-electron chi connectivity index (χ0n) is 22.0. The molecule has 20 heteroatoms. The van der Waals surface area contributed by atoms with Crippen molar-refractivity contribution in [3.05, 3.63) is 48.9 Å². The summed E-state index contributed by atoms with van der Waals surface area (Å²) in [6.45, 7) is 2.12. The van der Waals surface area contributed by atoms with Gasteiger partial charge in [0.15, 0.2) is 16.6 Å². The summed E-state index contributed by atoms with van der Waals surface area (Å²) in [4.78, 5) is 86.8. The minimum atomic E-state index is -1.81. The molecule has 1 fully saturated rings. The predicted octanol–water partition coefficient (Wildman–Crippen LogP) is -0.366. The molecule has 4 rings (SSSR count). The van der Waals surface area contributed by atoms with Crippen LogP contribution in [0.15, 0.2) is 37.3 Å². The molecule has 2 aromatic heterocycles. The van der Waals surface area contributed by atoms with E-state index in [1.165, 1.54) is 19.2 Å². The van der Waals surface area contributed by atoms with Crippen LogP contribution < -0.4 is 21.8 Å². The van der Waals surface area contributed by atoms with E-state index in [0.717, 1.165) is 34.2 Å². The molecule has 2 aliphatic rings. The predicted molar refractivity (Wildman–Crippen MR) is 154 cm³/mol. The molecular formula is C23H22BrN7O10S2. The van der Waals surface area contributed by atoms with Gasteiger partial charge < -0.3 is 41.5 Å². The maximum Gasteiger partial charge on any atom is 0.352 e. The number of carbonyl (C=O) groups excluding carboxylic acids is 3.